The Bertz CT molecular complexity index is 788. The van der Waals surface area contributed by atoms with Gasteiger partial charge in [-0.3, -0.25) is 4.79 Å². The van der Waals surface area contributed by atoms with Gasteiger partial charge < -0.3 is 5.32 Å². The predicted molar refractivity (Wildman–Crippen MR) is 90.9 cm³/mol. The van der Waals surface area contributed by atoms with Crippen LogP contribution in [0.5, 0.6) is 0 Å². The lowest BCUT2D eigenvalue weighted by molar-refractivity contribution is 0.102. The Labute approximate surface area is 141 Å². The Balaban J connectivity index is 2.05. The molecule has 0 bridgehead atoms. The molecule has 128 valence electrons. The third-order valence-electron chi connectivity index (χ3n) is 3.35. The summed E-state index contributed by atoms with van der Waals surface area (Å²) < 4.78 is 39.5. The average molecular weight is 350 g/mol. The van der Waals surface area contributed by atoms with Crippen molar-refractivity contribution in [2.24, 2.45) is 0 Å². The molecule has 2 aromatic rings. The number of halogens is 1. The number of unbranched alkanes of at least 4 members (excludes halogenated alkanes) is 1. The van der Waals surface area contributed by atoms with Crippen LogP contribution in [0, 0.1) is 5.82 Å². The molecule has 0 aliphatic heterocycles. The van der Waals surface area contributed by atoms with Crippen molar-refractivity contribution in [2.45, 2.75) is 24.7 Å². The number of anilines is 1. The second kappa shape index (κ2) is 8.03. The highest BCUT2D eigenvalue weighted by Gasteiger charge is 2.14. The normalized spacial score (nSPS) is 11.2. The summed E-state index contributed by atoms with van der Waals surface area (Å²) in [4.78, 5) is 12.2. The van der Waals surface area contributed by atoms with Crippen molar-refractivity contribution in [1.82, 2.24) is 4.72 Å². The maximum absolute atomic E-state index is 12.8. The fourth-order valence-corrected chi connectivity index (χ4v) is 3.06. The van der Waals surface area contributed by atoms with Crippen LogP contribution in [0.15, 0.2) is 53.4 Å². The van der Waals surface area contributed by atoms with Crippen LogP contribution in [-0.4, -0.2) is 20.9 Å². The summed E-state index contributed by atoms with van der Waals surface area (Å²) in [5.74, 6) is -0.789. The standard InChI is InChI=1S/C17H19FN2O3S/c1-2-3-12-19-24(22,23)16-10-4-13(5-11-16)17(21)20-15-8-6-14(18)7-9-15/h4-11,19H,2-3,12H2,1H3,(H,20,21). The van der Waals surface area contributed by atoms with E-state index >= 15 is 0 Å². The van der Waals surface area contributed by atoms with E-state index in [1.165, 1.54) is 48.5 Å². The zero-order chi connectivity index (χ0) is 17.6. The minimum Gasteiger partial charge on any atom is -0.322 e. The molecule has 5 nitrogen and oxygen atoms in total. The molecule has 0 saturated carbocycles. The maximum Gasteiger partial charge on any atom is 0.255 e. The Morgan fingerprint density at radius 1 is 1.04 bits per heavy atom. The lowest BCUT2D eigenvalue weighted by Crippen LogP contribution is -2.24. The summed E-state index contributed by atoms with van der Waals surface area (Å²) in [5.41, 5.74) is 0.770. The van der Waals surface area contributed by atoms with E-state index in [4.69, 9.17) is 0 Å². The van der Waals surface area contributed by atoms with E-state index in [0.29, 0.717) is 17.8 Å². The third-order valence-corrected chi connectivity index (χ3v) is 4.83. The number of nitrogens with one attached hydrogen (secondary N) is 2. The second-order valence-corrected chi connectivity index (χ2v) is 7.00. The molecular formula is C17H19FN2O3S. The molecule has 2 aromatic carbocycles. The first kappa shape index (κ1) is 18.1. The first-order chi connectivity index (χ1) is 11.4. The monoisotopic (exact) mass is 350 g/mol. The lowest BCUT2D eigenvalue weighted by Gasteiger charge is -2.08. The number of sulfonamides is 1. The molecule has 0 radical (unpaired) electrons. The van der Waals surface area contributed by atoms with E-state index in [0.717, 1.165) is 12.8 Å². The van der Waals surface area contributed by atoms with E-state index in [9.17, 15) is 17.6 Å². The van der Waals surface area contributed by atoms with Gasteiger partial charge in [0.1, 0.15) is 5.82 Å². The maximum atomic E-state index is 12.8. The zero-order valence-corrected chi connectivity index (χ0v) is 14.1. The van der Waals surface area contributed by atoms with Crippen LogP contribution >= 0.6 is 0 Å². The number of rotatable bonds is 7. The lowest BCUT2D eigenvalue weighted by atomic mass is 10.2. The SMILES string of the molecule is CCCCNS(=O)(=O)c1ccc(C(=O)Nc2ccc(F)cc2)cc1. The fourth-order valence-electron chi connectivity index (χ4n) is 1.99. The Morgan fingerprint density at radius 3 is 2.25 bits per heavy atom. The van der Waals surface area contributed by atoms with Gasteiger partial charge in [0.05, 0.1) is 4.90 Å². The molecule has 24 heavy (non-hydrogen) atoms. The molecule has 1 amide bonds. The van der Waals surface area contributed by atoms with E-state index in [-0.39, 0.29) is 4.90 Å². The summed E-state index contributed by atoms with van der Waals surface area (Å²) >= 11 is 0. The molecule has 0 saturated heterocycles. The molecule has 0 atom stereocenters. The number of carbonyl (C=O) groups excluding carboxylic acids is 1. The van der Waals surface area contributed by atoms with Gasteiger partial charge in [0, 0.05) is 17.8 Å². The van der Waals surface area contributed by atoms with Crippen LogP contribution in [0.2, 0.25) is 0 Å². The van der Waals surface area contributed by atoms with Gasteiger partial charge in [0.15, 0.2) is 0 Å². The first-order valence-corrected chi connectivity index (χ1v) is 9.07. The highest BCUT2D eigenvalue weighted by Crippen LogP contribution is 2.13. The van der Waals surface area contributed by atoms with Crippen LogP contribution in [0.25, 0.3) is 0 Å². The zero-order valence-electron chi connectivity index (χ0n) is 13.3. The molecule has 0 unspecified atom stereocenters. The Kier molecular flexibility index (Phi) is 6.05. The molecule has 0 fully saturated rings. The van der Waals surface area contributed by atoms with Crippen LogP contribution in [-0.2, 0) is 10.0 Å². The van der Waals surface area contributed by atoms with Crippen molar-refractivity contribution in [1.29, 1.82) is 0 Å². The van der Waals surface area contributed by atoms with Crippen LogP contribution in [0.1, 0.15) is 30.1 Å². The summed E-state index contributed by atoms with van der Waals surface area (Å²) in [6.07, 6.45) is 1.66. The smallest absolute Gasteiger partial charge is 0.255 e. The van der Waals surface area contributed by atoms with E-state index in [1.807, 2.05) is 6.92 Å². The fraction of sp³-hybridized carbons (Fsp3) is 0.235. The van der Waals surface area contributed by atoms with Gasteiger partial charge in [-0.25, -0.2) is 17.5 Å². The quantitative estimate of drug-likeness (QED) is 0.753. The number of hydrogen-bond acceptors (Lipinski definition) is 3. The summed E-state index contributed by atoms with van der Waals surface area (Å²) in [5, 5.41) is 2.61. The molecule has 0 aliphatic rings. The minimum atomic E-state index is -3.56. The predicted octanol–water partition coefficient (Wildman–Crippen LogP) is 3.16. The molecule has 7 heteroatoms. The van der Waals surface area contributed by atoms with Crippen molar-refractivity contribution >= 4 is 21.6 Å². The van der Waals surface area contributed by atoms with Crippen molar-refractivity contribution in [2.75, 3.05) is 11.9 Å². The van der Waals surface area contributed by atoms with Crippen molar-refractivity contribution < 1.29 is 17.6 Å². The summed E-state index contributed by atoms with van der Waals surface area (Å²) in [6, 6.07) is 11.0. The molecule has 0 aromatic heterocycles. The molecule has 0 spiro atoms. The first-order valence-electron chi connectivity index (χ1n) is 7.59. The number of carbonyl (C=O) groups is 1. The summed E-state index contributed by atoms with van der Waals surface area (Å²) in [6.45, 7) is 2.36. The number of hydrogen-bond donors (Lipinski definition) is 2. The average Bonchev–Trinajstić information content (AvgIpc) is 2.57. The second-order valence-electron chi connectivity index (χ2n) is 5.24. The van der Waals surface area contributed by atoms with Crippen LogP contribution in [0.3, 0.4) is 0 Å². The van der Waals surface area contributed by atoms with Gasteiger partial charge in [-0.15, -0.1) is 0 Å². The minimum absolute atomic E-state index is 0.108. The number of benzene rings is 2. The van der Waals surface area contributed by atoms with E-state index < -0.39 is 21.7 Å². The largest absolute Gasteiger partial charge is 0.322 e. The van der Waals surface area contributed by atoms with Crippen LogP contribution in [0.4, 0.5) is 10.1 Å². The summed E-state index contributed by atoms with van der Waals surface area (Å²) in [7, 11) is -3.56. The molecule has 0 aliphatic carbocycles. The van der Waals surface area contributed by atoms with Gasteiger partial charge >= 0.3 is 0 Å². The molecular weight excluding hydrogens is 331 g/mol. The van der Waals surface area contributed by atoms with Gasteiger partial charge in [0.25, 0.3) is 5.91 Å². The van der Waals surface area contributed by atoms with Gasteiger partial charge in [-0.2, -0.15) is 0 Å². The highest BCUT2D eigenvalue weighted by molar-refractivity contribution is 7.89. The Hall–Kier alpha value is -2.25. The molecule has 2 N–H and O–H groups in total. The van der Waals surface area contributed by atoms with Crippen molar-refractivity contribution in [3.8, 4) is 0 Å². The van der Waals surface area contributed by atoms with E-state index in [2.05, 4.69) is 10.0 Å². The van der Waals surface area contributed by atoms with E-state index in [1.54, 1.807) is 0 Å². The van der Waals surface area contributed by atoms with Gasteiger partial charge in [-0.05, 0) is 55.0 Å². The Morgan fingerprint density at radius 2 is 1.67 bits per heavy atom. The van der Waals surface area contributed by atoms with Crippen LogP contribution < -0.4 is 10.0 Å². The highest BCUT2D eigenvalue weighted by atomic mass is 32.2. The van der Waals surface area contributed by atoms with Gasteiger partial charge in [0.2, 0.25) is 10.0 Å². The molecule has 2 rings (SSSR count). The van der Waals surface area contributed by atoms with Crippen molar-refractivity contribution in [3.63, 3.8) is 0 Å². The topological polar surface area (TPSA) is 75.3 Å². The van der Waals surface area contributed by atoms with Crippen molar-refractivity contribution in [3.05, 3.63) is 59.9 Å². The van der Waals surface area contributed by atoms with Gasteiger partial charge in [-0.1, -0.05) is 13.3 Å². The third kappa shape index (κ3) is 4.87. The number of amides is 1. The molecule has 0 heterocycles.